The van der Waals surface area contributed by atoms with Crippen LogP contribution in [0.25, 0.3) is 0 Å². The van der Waals surface area contributed by atoms with Crippen molar-refractivity contribution in [1.29, 1.82) is 0 Å². The number of aliphatic hydroxyl groups excluding tert-OH is 1. The summed E-state index contributed by atoms with van der Waals surface area (Å²) < 4.78 is 28.0. The van der Waals surface area contributed by atoms with Crippen LogP contribution in [0.15, 0.2) is 48.1 Å². The molecule has 1 N–H and O–H groups in total. The summed E-state index contributed by atoms with van der Waals surface area (Å²) in [5, 5.41) is 11.4. The molecule has 0 fully saturated rings. The highest BCUT2D eigenvalue weighted by Gasteiger charge is 2.33. The fraction of sp³-hybridized carbons (Fsp3) is 0.714. The third-order valence-corrected chi connectivity index (χ3v) is 8.38. The van der Waals surface area contributed by atoms with Crippen LogP contribution < -0.4 is 0 Å². The fourth-order valence-corrected chi connectivity index (χ4v) is 5.25. The lowest BCUT2D eigenvalue weighted by atomic mass is 9.84. The first-order chi connectivity index (χ1) is 20.9. The quantitative estimate of drug-likeness (QED) is 0.300. The lowest BCUT2D eigenvalue weighted by Gasteiger charge is -2.33. The molecule has 0 saturated carbocycles. The minimum absolute atomic E-state index is 0.00984. The summed E-state index contributed by atoms with van der Waals surface area (Å²) in [6, 6.07) is -0.571. The molecule has 44 heavy (non-hydrogen) atoms. The van der Waals surface area contributed by atoms with Crippen LogP contribution >= 0.6 is 0 Å². The van der Waals surface area contributed by atoms with Crippen LogP contribution in [0.5, 0.6) is 0 Å². The van der Waals surface area contributed by atoms with Gasteiger partial charge in [0, 0.05) is 39.7 Å². The maximum atomic E-state index is 13.1. The topological polar surface area (TPSA) is 104 Å². The second kappa shape index (κ2) is 22.2. The third kappa shape index (κ3) is 15.1. The van der Waals surface area contributed by atoms with Crippen LogP contribution in [0.2, 0.25) is 0 Å². The predicted molar refractivity (Wildman–Crippen MR) is 174 cm³/mol. The van der Waals surface area contributed by atoms with Crippen molar-refractivity contribution in [2.45, 2.75) is 96.7 Å². The number of nitrogens with zero attached hydrogens (tertiary/aromatic N) is 1. The van der Waals surface area contributed by atoms with Crippen LogP contribution in [0.3, 0.4) is 0 Å². The van der Waals surface area contributed by atoms with Gasteiger partial charge in [0.25, 0.3) is 0 Å². The molecule has 9 heteroatoms. The van der Waals surface area contributed by atoms with E-state index < -0.39 is 30.2 Å². The van der Waals surface area contributed by atoms with Crippen molar-refractivity contribution in [3.63, 3.8) is 0 Å². The molecule has 1 rings (SSSR count). The van der Waals surface area contributed by atoms with Crippen LogP contribution in [-0.4, -0.2) is 101 Å². The molecule has 1 aliphatic rings. The van der Waals surface area contributed by atoms with Crippen molar-refractivity contribution in [1.82, 2.24) is 4.90 Å². The van der Waals surface area contributed by atoms with Gasteiger partial charge in [-0.2, -0.15) is 0 Å². The number of aliphatic hydroxyl groups is 1. The van der Waals surface area contributed by atoms with Gasteiger partial charge in [-0.25, -0.2) is 4.79 Å². The van der Waals surface area contributed by atoms with Crippen molar-refractivity contribution in [2.24, 2.45) is 17.8 Å². The Labute approximate surface area is 266 Å². The number of likely N-dealkylation sites (N-methyl/N-ethyl adjacent to an activating group) is 1. The van der Waals surface area contributed by atoms with Crippen molar-refractivity contribution in [3.8, 4) is 0 Å². The number of esters is 2. The molecule has 0 aromatic carbocycles. The van der Waals surface area contributed by atoms with Crippen molar-refractivity contribution < 1.29 is 38.4 Å². The van der Waals surface area contributed by atoms with E-state index in [1.54, 1.807) is 52.5 Å². The van der Waals surface area contributed by atoms with Gasteiger partial charge < -0.3 is 28.8 Å². The lowest BCUT2D eigenvalue weighted by molar-refractivity contribution is -0.161. The summed E-state index contributed by atoms with van der Waals surface area (Å²) in [5.74, 6) is -0.841. The summed E-state index contributed by atoms with van der Waals surface area (Å²) in [6.07, 6.45) is 15.7. The zero-order valence-corrected chi connectivity index (χ0v) is 28.6. The average molecular weight is 622 g/mol. The number of allylic oxidation sites excluding steroid dienone is 3. The third-order valence-electron chi connectivity index (χ3n) is 8.38. The van der Waals surface area contributed by atoms with E-state index >= 15 is 0 Å². The molecule has 0 spiro atoms. The van der Waals surface area contributed by atoms with Crippen LogP contribution in [0.1, 0.15) is 66.2 Å². The highest BCUT2D eigenvalue weighted by molar-refractivity contribution is 5.82. The van der Waals surface area contributed by atoms with Gasteiger partial charge in [0.2, 0.25) is 0 Å². The number of hydrogen-bond donors (Lipinski definition) is 1. The van der Waals surface area contributed by atoms with Gasteiger partial charge in [0.1, 0.15) is 12.1 Å². The van der Waals surface area contributed by atoms with Crippen molar-refractivity contribution >= 4 is 11.9 Å². The lowest BCUT2D eigenvalue weighted by Crippen LogP contribution is -2.44. The van der Waals surface area contributed by atoms with Gasteiger partial charge in [-0.1, -0.05) is 57.2 Å². The van der Waals surface area contributed by atoms with Crippen molar-refractivity contribution in [3.05, 3.63) is 48.1 Å². The Morgan fingerprint density at radius 1 is 1.07 bits per heavy atom. The molecule has 0 aliphatic carbocycles. The number of hydrogen-bond acceptors (Lipinski definition) is 9. The van der Waals surface area contributed by atoms with Crippen LogP contribution in [0, 0.1) is 17.8 Å². The Bertz CT molecular complexity index is 943. The number of cyclic esters (lactones) is 1. The molecule has 0 aromatic rings. The Morgan fingerprint density at radius 2 is 1.80 bits per heavy atom. The summed E-state index contributed by atoms with van der Waals surface area (Å²) >= 11 is 0. The Morgan fingerprint density at radius 3 is 2.43 bits per heavy atom. The van der Waals surface area contributed by atoms with Gasteiger partial charge in [-0.05, 0) is 70.5 Å². The maximum absolute atomic E-state index is 13.1. The van der Waals surface area contributed by atoms with E-state index in [-0.39, 0.29) is 37.3 Å². The average Bonchev–Trinajstić information content (AvgIpc) is 2.99. The molecule has 1 heterocycles. The van der Waals surface area contributed by atoms with E-state index in [0.29, 0.717) is 18.8 Å². The molecule has 0 aromatic heterocycles. The Kier molecular flexibility index (Phi) is 20.1. The number of methoxy groups -OCH3 is 3. The SMILES string of the molecule is COCC(C(=O)OC1C/C=C/C=C/C(=O)OCC/C=C/[C@H](OC)C[C@H](C)C/C=C(\C)[C@@H](OC)CC[C@@H](C)[C@@H](O)[C@@H]1C)N(C)C. The Hall–Kier alpha value is -2.30. The van der Waals surface area contributed by atoms with E-state index in [2.05, 4.69) is 19.9 Å². The first-order valence-corrected chi connectivity index (χ1v) is 15.9. The molecule has 8 atom stereocenters. The summed E-state index contributed by atoms with van der Waals surface area (Å²) in [6.45, 7) is 8.70. The van der Waals surface area contributed by atoms with E-state index in [4.69, 9.17) is 23.7 Å². The van der Waals surface area contributed by atoms with Gasteiger partial charge in [0.15, 0.2) is 0 Å². The largest absolute Gasteiger partial charge is 0.462 e. The number of ether oxygens (including phenoxy) is 5. The molecule has 1 aliphatic heterocycles. The molecule has 0 amide bonds. The minimum Gasteiger partial charge on any atom is -0.462 e. The number of carbonyl (C=O) groups excluding carboxylic acids is 2. The first-order valence-electron chi connectivity index (χ1n) is 15.9. The second-order valence-electron chi connectivity index (χ2n) is 12.2. The number of rotatable bonds is 7. The number of carbonyl (C=O) groups is 2. The fourth-order valence-electron chi connectivity index (χ4n) is 5.25. The summed E-state index contributed by atoms with van der Waals surface area (Å²) in [5.41, 5.74) is 1.17. The highest BCUT2D eigenvalue weighted by Crippen LogP contribution is 2.27. The van der Waals surface area contributed by atoms with Gasteiger partial charge >= 0.3 is 11.9 Å². The highest BCUT2D eigenvalue weighted by atomic mass is 16.6. The molecule has 0 radical (unpaired) electrons. The van der Waals surface area contributed by atoms with Crippen LogP contribution in [0.4, 0.5) is 0 Å². The molecule has 0 bridgehead atoms. The monoisotopic (exact) mass is 621 g/mol. The summed E-state index contributed by atoms with van der Waals surface area (Å²) in [4.78, 5) is 27.0. The molecular weight excluding hydrogens is 562 g/mol. The predicted octanol–water partition coefficient (Wildman–Crippen LogP) is 5.29. The standard InChI is InChI=1S/C35H59NO8/c1-25-18-19-26(2)31(42-9)21-20-27(3)34(38)28(4)32(44-35(39)30(24-40-7)36(5)6)16-11-10-12-17-33(37)43-22-14-13-15-29(23-25)41-8/h10-13,15,17,19,25,27-32,34,38H,14,16,18,20-24H2,1-9H3/b11-10+,15-13+,17-12+,26-19+/t25-,27-,28-,29+,30?,31+,32?,34-/m1/s1. The van der Waals surface area contributed by atoms with Crippen molar-refractivity contribution in [2.75, 3.05) is 48.6 Å². The molecular formula is C35H59NO8. The molecule has 252 valence electrons. The van der Waals surface area contributed by atoms with E-state index in [9.17, 15) is 14.7 Å². The Balaban J connectivity index is 3.20. The first kappa shape index (κ1) is 39.7. The normalized spacial score (nSPS) is 33.2. The zero-order chi connectivity index (χ0) is 33.1. The molecule has 9 nitrogen and oxygen atoms in total. The van der Waals surface area contributed by atoms with Gasteiger partial charge in [0.05, 0.1) is 31.5 Å². The molecule has 0 saturated heterocycles. The van der Waals surface area contributed by atoms with E-state index in [0.717, 1.165) is 25.7 Å². The van der Waals surface area contributed by atoms with Gasteiger partial charge in [-0.3, -0.25) is 9.69 Å². The minimum atomic E-state index is -0.710. The maximum Gasteiger partial charge on any atom is 0.330 e. The second-order valence-corrected chi connectivity index (χ2v) is 12.2. The summed E-state index contributed by atoms with van der Waals surface area (Å²) in [7, 11) is 8.58. The van der Waals surface area contributed by atoms with E-state index in [1.165, 1.54) is 11.6 Å². The smallest absolute Gasteiger partial charge is 0.330 e. The van der Waals surface area contributed by atoms with Gasteiger partial charge in [-0.15, -0.1) is 0 Å². The van der Waals surface area contributed by atoms with E-state index in [1.807, 2.05) is 32.1 Å². The zero-order valence-electron chi connectivity index (χ0n) is 28.6. The van der Waals surface area contributed by atoms with Crippen LogP contribution in [-0.2, 0) is 33.3 Å². The molecule has 2 unspecified atom stereocenters.